The van der Waals surface area contributed by atoms with Crippen molar-refractivity contribution < 1.29 is 12.9 Å². The Kier molecular flexibility index (Phi) is 8.10. The summed E-state index contributed by atoms with van der Waals surface area (Å²) in [6.07, 6.45) is 4.82. The molecular formula is C12H22IN5O3S. The van der Waals surface area contributed by atoms with Crippen LogP contribution in [0.15, 0.2) is 21.8 Å². The highest BCUT2D eigenvalue weighted by molar-refractivity contribution is 14.0. The lowest BCUT2D eigenvalue weighted by atomic mass is 10.1. The molecule has 0 unspecified atom stereocenters. The first-order chi connectivity index (χ1) is 10.1. The summed E-state index contributed by atoms with van der Waals surface area (Å²) in [5.74, 6) is 0.292. The molecule has 1 saturated heterocycles. The van der Waals surface area contributed by atoms with Crippen LogP contribution >= 0.6 is 24.0 Å². The lowest BCUT2D eigenvalue weighted by molar-refractivity contribution is 0.338. The molecule has 126 valence electrons. The van der Waals surface area contributed by atoms with E-state index in [0.29, 0.717) is 18.2 Å². The molecular weight excluding hydrogens is 421 g/mol. The Morgan fingerprint density at radius 3 is 2.77 bits per heavy atom. The van der Waals surface area contributed by atoms with E-state index < -0.39 is 10.0 Å². The number of likely N-dealkylation sites (tertiary alicyclic amines) is 1. The van der Waals surface area contributed by atoms with Gasteiger partial charge in [-0.2, -0.15) is 0 Å². The van der Waals surface area contributed by atoms with Crippen LogP contribution in [0.4, 0.5) is 0 Å². The summed E-state index contributed by atoms with van der Waals surface area (Å²) in [6.45, 7) is 2.38. The Morgan fingerprint density at radius 2 is 2.14 bits per heavy atom. The number of nitrogens with one attached hydrogen (secondary N) is 1. The average Bonchev–Trinajstić information content (AvgIpc) is 2.96. The normalized spacial score (nSPS) is 16.4. The summed E-state index contributed by atoms with van der Waals surface area (Å²) in [7, 11) is -3.42. The summed E-state index contributed by atoms with van der Waals surface area (Å²) in [5.41, 5.74) is 6.26. The molecule has 2 rings (SSSR count). The molecule has 0 atom stereocenters. The molecule has 0 radical (unpaired) electrons. The molecule has 0 bridgehead atoms. The number of sulfonamides is 1. The topological polar surface area (TPSA) is 114 Å². The van der Waals surface area contributed by atoms with Crippen molar-refractivity contribution in [1.82, 2.24) is 14.8 Å². The average molecular weight is 443 g/mol. The lowest BCUT2D eigenvalue weighted by Gasteiger charge is -2.27. The number of nitrogens with zero attached hydrogens (tertiary/aromatic N) is 3. The summed E-state index contributed by atoms with van der Waals surface area (Å²) in [6, 6.07) is 1.52. The fourth-order valence-corrected chi connectivity index (χ4v) is 3.19. The molecule has 0 saturated carbocycles. The second-order valence-electron chi connectivity index (χ2n) is 4.93. The van der Waals surface area contributed by atoms with Crippen molar-refractivity contribution in [2.75, 3.05) is 26.2 Å². The van der Waals surface area contributed by atoms with Gasteiger partial charge in [0.15, 0.2) is 5.96 Å². The number of guanidine groups is 1. The van der Waals surface area contributed by atoms with Crippen LogP contribution in [0.25, 0.3) is 0 Å². The summed E-state index contributed by atoms with van der Waals surface area (Å²) in [5, 5.41) is 3.57. The quantitative estimate of drug-likeness (QED) is 0.287. The number of hydrogen-bond acceptors (Lipinski definition) is 5. The van der Waals surface area contributed by atoms with E-state index in [1.807, 2.05) is 4.90 Å². The number of aliphatic imine (C=N–C) groups is 1. The number of halogens is 1. The van der Waals surface area contributed by atoms with Gasteiger partial charge in [-0.15, -0.1) is 24.0 Å². The van der Waals surface area contributed by atoms with Crippen molar-refractivity contribution in [3.05, 3.63) is 18.0 Å². The Labute approximate surface area is 147 Å². The van der Waals surface area contributed by atoms with E-state index in [1.165, 1.54) is 18.8 Å². The third-order valence-electron chi connectivity index (χ3n) is 3.22. The molecule has 0 spiro atoms. The highest BCUT2D eigenvalue weighted by Crippen LogP contribution is 2.07. The molecule has 8 nitrogen and oxygen atoms in total. The maximum absolute atomic E-state index is 11.8. The van der Waals surface area contributed by atoms with Crippen LogP contribution in [0.2, 0.25) is 0 Å². The van der Waals surface area contributed by atoms with Crippen LogP contribution in [0, 0.1) is 0 Å². The number of rotatable bonds is 6. The predicted molar refractivity (Wildman–Crippen MR) is 94.5 cm³/mol. The summed E-state index contributed by atoms with van der Waals surface area (Å²) >= 11 is 0. The zero-order valence-electron chi connectivity index (χ0n) is 12.3. The predicted octanol–water partition coefficient (Wildman–Crippen LogP) is 0.513. The molecule has 1 aliphatic heterocycles. The van der Waals surface area contributed by atoms with Gasteiger partial charge < -0.3 is 15.2 Å². The molecule has 3 N–H and O–H groups in total. The molecule has 1 aromatic heterocycles. The minimum atomic E-state index is -3.42. The Balaban J connectivity index is 0.00000242. The van der Waals surface area contributed by atoms with Gasteiger partial charge >= 0.3 is 0 Å². The molecule has 1 aromatic rings. The first-order valence-electron chi connectivity index (χ1n) is 6.98. The van der Waals surface area contributed by atoms with Gasteiger partial charge in [-0.05, 0) is 19.3 Å². The van der Waals surface area contributed by atoms with Crippen molar-refractivity contribution in [2.45, 2.75) is 25.0 Å². The van der Waals surface area contributed by atoms with E-state index in [2.05, 4.69) is 19.4 Å². The summed E-state index contributed by atoms with van der Waals surface area (Å²) < 4.78 is 30.6. The highest BCUT2D eigenvalue weighted by atomic mass is 127. The number of piperidine rings is 1. The van der Waals surface area contributed by atoms with Crippen LogP contribution in [-0.4, -0.2) is 50.6 Å². The minimum Gasteiger partial charge on any atom is -0.370 e. The molecule has 0 aromatic carbocycles. The van der Waals surface area contributed by atoms with E-state index in [9.17, 15) is 8.42 Å². The zero-order valence-corrected chi connectivity index (χ0v) is 15.4. The number of aromatic nitrogens is 1. The third-order valence-corrected chi connectivity index (χ3v) is 4.54. The van der Waals surface area contributed by atoms with Gasteiger partial charge in [-0.25, -0.2) is 13.1 Å². The Morgan fingerprint density at radius 1 is 1.41 bits per heavy atom. The van der Waals surface area contributed by atoms with Gasteiger partial charge in [0.2, 0.25) is 10.0 Å². The van der Waals surface area contributed by atoms with E-state index in [-0.39, 0.29) is 36.3 Å². The van der Waals surface area contributed by atoms with Gasteiger partial charge in [0.1, 0.15) is 12.0 Å². The Hall–Kier alpha value is -0.880. The van der Waals surface area contributed by atoms with Gasteiger partial charge in [0.05, 0.1) is 12.2 Å². The van der Waals surface area contributed by atoms with E-state index in [4.69, 9.17) is 5.73 Å². The molecule has 10 heteroatoms. The third kappa shape index (κ3) is 6.48. The van der Waals surface area contributed by atoms with E-state index in [0.717, 1.165) is 25.9 Å². The van der Waals surface area contributed by atoms with Crippen molar-refractivity contribution >= 4 is 40.0 Å². The zero-order chi connectivity index (χ0) is 15.1. The SMILES string of the molecule is I.NC(=NCCNS(=O)(=O)Cc1ccon1)N1CCCCC1. The number of nitrogens with two attached hydrogens (primary N) is 1. The highest BCUT2D eigenvalue weighted by Gasteiger charge is 2.14. The second-order valence-corrected chi connectivity index (χ2v) is 6.74. The van der Waals surface area contributed by atoms with Crippen LogP contribution < -0.4 is 10.5 Å². The maximum Gasteiger partial charge on any atom is 0.217 e. The first-order valence-corrected chi connectivity index (χ1v) is 8.63. The van der Waals surface area contributed by atoms with Crippen molar-refractivity contribution in [3.63, 3.8) is 0 Å². The van der Waals surface area contributed by atoms with Gasteiger partial charge in [-0.1, -0.05) is 5.16 Å². The van der Waals surface area contributed by atoms with Crippen LogP contribution in [0.1, 0.15) is 25.0 Å². The van der Waals surface area contributed by atoms with Crippen LogP contribution in [0.5, 0.6) is 0 Å². The lowest BCUT2D eigenvalue weighted by Crippen LogP contribution is -2.41. The maximum atomic E-state index is 11.8. The van der Waals surface area contributed by atoms with Gasteiger partial charge in [0, 0.05) is 25.7 Å². The Bertz CT molecular complexity index is 555. The van der Waals surface area contributed by atoms with Crippen molar-refractivity contribution in [3.8, 4) is 0 Å². The molecule has 22 heavy (non-hydrogen) atoms. The van der Waals surface area contributed by atoms with Crippen molar-refractivity contribution in [1.29, 1.82) is 0 Å². The van der Waals surface area contributed by atoms with Crippen molar-refractivity contribution in [2.24, 2.45) is 10.7 Å². The fraction of sp³-hybridized carbons (Fsp3) is 0.667. The molecule has 1 fully saturated rings. The minimum absolute atomic E-state index is 0. The monoisotopic (exact) mass is 443 g/mol. The van der Waals surface area contributed by atoms with Crippen LogP contribution in [0.3, 0.4) is 0 Å². The molecule has 2 heterocycles. The smallest absolute Gasteiger partial charge is 0.217 e. The van der Waals surface area contributed by atoms with E-state index >= 15 is 0 Å². The van der Waals surface area contributed by atoms with Gasteiger partial charge in [0.25, 0.3) is 0 Å². The molecule has 1 aliphatic rings. The number of hydrogen-bond donors (Lipinski definition) is 2. The first kappa shape index (κ1) is 19.2. The van der Waals surface area contributed by atoms with Gasteiger partial charge in [-0.3, -0.25) is 4.99 Å². The fourth-order valence-electron chi connectivity index (χ4n) is 2.15. The summed E-state index contributed by atoms with van der Waals surface area (Å²) in [4.78, 5) is 6.24. The molecule has 0 aliphatic carbocycles. The second kappa shape index (κ2) is 9.30. The largest absolute Gasteiger partial charge is 0.370 e. The van der Waals surface area contributed by atoms with Crippen LogP contribution in [-0.2, 0) is 15.8 Å². The standard InChI is InChI=1S/C12H21N5O3S.HI/c13-12(17-7-2-1-3-8-17)14-5-6-15-21(18,19)10-11-4-9-20-16-11;/h4,9,15H,1-3,5-8,10H2,(H2,13,14);1H. The van der Waals surface area contributed by atoms with E-state index in [1.54, 1.807) is 0 Å². The molecule has 0 amide bonds.